The summed E-state index contributed by atoms with van der Waals surface area (Å²) in [6.07, 6.45) is 7.48. The number of aromatic nitrogens is 3. The molecule has 1 unspecified atom stereocenters. The molecule has 0 saturated heterocycles. The highest BCUT2D eigenvalue weighted by atomic mass is 16.5. The summed E-state index contributed by atoms with van der Waals surface area (Å²) in [5.74, 6) is 1.21. The number of primary amides is 1. The van der Waals surface area contributed by atoms with Crippen LogP contribution >= 0.6 is 0 Å². The third-order valence-corrected chi connectivity index (χ3v) is 5.84. The molecule has 4 rings (SSSR count). The fourth-order valence-electron chi connectivity index (χ4n) is 4.13. The molecule has 7 heteroatoms. The van der Waals surface area contributed by atoms with Crippen molar-refractivity contribution in [1.29, 1.82) is 0 Å². The zero-order valence-corrected chi connectivity index (χ0v) is 19.1. The normalized spacial score (nSPS) is 12.0. The first-order valence-electron chi connectivity index (χ1n) is 10.9. The molecule has 2 aromatic heterocycles. The quantitative estimate of drug-likeness (QED) is 0.412. The van der Waals surface area contributed by atoms with Crippen molar-refractivity contribution in [3.8, 4) is 22.6 Å². The summed E-state index contributed by atoms with van der Waals surface area (Å²) in [5, 5.41) is 5.31. The third-order valence-electron chi connectivity index (χ3n) is 5.84. The zero-order chi connectivity index (χ0) is 23.4. The molecule has 0 fully saturated rings. The van der Waals surface area contributed by atoms with Crippen LogP contribution in [-0.4, -0.2) is 34.9 Å². The van der Waals surface area contributed by atoms with Gasteiger partial charge >= 0.3 is 0 Å². The minimum atomic E-state index is -0.291. The predicted molar refractivity (Wildman–Crippen MR) is 128 cm³/mol. The van der Waals surface area contributed by atoms with Crippen LogP contribution in [0.2, 0.25) is 0 Å². The monoisotopic (exact) mass is 444 g/mol. The van der Waals surface area contributed by atoms with Crippen LogP contribution in [0.5, 0.6) is 11.5 Å². The fraction of sp³-hybridized carbons (Fsp3) is 0.269. The van der Waals surface area contributed by atoms with Crippen molar-refractivity contribution in [3.63, 3.8) is 0 Å². The Balaban J connectivity index is 1.76. The molecule has 1 atom stereocenters. The van der Waals surface area contributed by atoms with Gasteiger partial charge in [0.05, 0.1) is 25.9 Å². The van der Waals surface area contributed by atoms with Gasteiger partial charge in [0, 0.05) is 54.4 Å². The molecule has 0 bridgehead atoms. The van der Waals surface area contributed by atoms with Crippen molar-refractivity contribution in [1.82, 2.24) is 14.8 Å². The maximum absolute atomic E-state index is 11.4. The lowest BCUT2D eigenvalue weighted by Gasteiger charge is -2.20. The number of carbonyl (C=O) groups is 1. The number of benzene rings is 2. The molecule has 7 nitrogen and oxygen atoms in total. The highest BCUT2D eigenvalue weighted by molar-refractivity contribution is 5.84. The van der Waals surface area contributed by atoms with E-state index in [0.717, 1.165) is 51.1 Å². The number of pyridine rings is 1. The van der Waals surface area contributed by atoms with Crippen LogP contribution in [-0.2, 0) is 11.8 Å². The molecule has 0 radical (unpaired) electrons. The van der Waals surface area contributed by atoms with Crippen LogP contribution in [0.1, 0.15) is 36.3 Å². The number of carbonyl (C=O) groups excluding carboxylic acids is 1. The van der Waals surface area contributed by atoms with Gasteiger partial charge in [-0.25, -0.2) is 0 Å². The first-order chi connectivity index (χ1) is 16.0. The summed E-state index contributed by atoms with van der Waals surface area (Å²) in [5.41, 5.74) is 10.6. The third kappa shape index (κ3) is 5.14. The number of methoxy groups -OCH3 is 2. The standard InChI is InChI=1S/C26H28N4O3/c1-30-16-21(15-29-30)20-10-19-9-17(7-8-25(19)28-14-20)24(5-4-6-26(27)31)18-11-22(32-2)13-23(12-18)33-3/h7-16,24H,4-6H2,1-3H3,(H2,27,31). The minimum absolute atomic E-state index is 0.0415. The van der Waals surface area contributed by atoms with Crippen LogP contribution in [0.25, 0.3) is 22.0 Å². The van der Waals surface area contributed by atoms with Crippen LogP contribution in [0.3, 0.4) is 0 Å². The smallest absolute Gasteiger partial charge is 0.217 e. The number of hydrogen-bond acceptors (Lipinski definition) is 5. The molecule has 1 amide bonds. The van der Waals surface area contributed by atoms with Gasteiger partial charge in [0.1, 0.15) is 11.5 Å². The van der Waals surface area contributed by atoms with E-state index in [1.54, 1.807) is 18.9 Å². The van der Waals surface area contributed by atoms with E-state index in [4.69, 9.17) is 15.2 Å². The van der Waals surface area contributed by atoms with E-state index in [-0.39, 0.29) is 11.8 Å². The lowest BCUT2D eigenvalue weighted by Crippen LogP contribution is -2.11. The molecule has 0 aliphatic heterocycles. The zero-order valence-electron chi connectivity index (χ0n) is 19.1. The average molecular weight is 445 g/mol. The summed E-state index contributed by atoms with van der Waals surface area (Å²) in [4.78, 5) is 16.0. The van der Waals surface area contributed by atoms with Gasteiger partial charge in [-0.15, -0.1) is 0 Å². The maximum atomic E-state index is 11.4. The number of amides is 1. The van der Waals surface area contributed by atoms with Crippen molar-refractivity contribution in [2.45, 2.75) is 25.2 Å². The van der Waals surface area contributed by atoms with Gasteiger partial charge in [-0.1, -0.05) is 6.07 Å². The molecular formula is C26H28N4O3. The van der Waals surface area contributed by atoms with Gasteiger partial charge in [-0.3, -0.25) is 14.5 Å². The molecule has 2 heterocycles. The molecule has 2 aromatic carbocycles. The van der Waals surface area contributed by atoms with E-state index in [1.807, 2.05) is 49.9 Å². The Morgan fingerprint density at radius 2 is 1.76 bits per heavy atom. The molecule has 0 spiro atoms. The molecule has 0 aliphatic carbocycles. The molecule has 2 N–H and O–H groups in total. The SMILES string of the molecule is COc1cc(OC)cc(C(CCCC(N)=O)c2ccc3ncc(-c4cnn(C)c4)cc3c2)c1. The highest BCUT2D eigenvalue weighted by Gasteiger charge is 2.18. The Morgan fingerprint density at radius 1 is 1.00 bits per heavy atom. The van der Waals surface area contributed by atoms with Gasteiger partial charge in [0.15, 0.2) is 0 Å². The second kappa shape index (κ2) is 9.73. The Hall–Kier alpha value is -3.87. The van der Waals surface area contributed by atoms with E-state index in [1.165, 1.54) is 0 Å². The number of nitrogens with zero attached hydrogens (tertiary/aromatic N) is 3. The van der Waals surface area contributed by atoms with Gasteiger partial charge in [-0.05, 0) is 54.3 Å². The molecule has 4 aromatic rings. The fourth-order valence-corrected chi connectivity index (χ4v) is 4.13. The minimum Gasteiger partial charge on any atom is -0.497 e. The van der Waals surface area contributed by atoms with Crippen molar-refractivity contribution in [2.24, 2.45) is 12.8 Å². The number of ether oxygens (including phenoxy) is 2. The lowest BCUT2D eigenvalue weighted by molar-refractivity contribution is -0.118. The Morgan fingerprint density at radius 3 is 2.39 bits per heavy atom. The second-order valence-corrected chi connectivity index (χ2v) is 8.14. The summed E-state index contributed by atoms with van der Waals surface area (Å²) in [7, 11) is 5.18. The summed E-state index contributed by atoms with van der Waals surface area (Å²) in [6.45, 7) is 0. The van der Waals surface area contributed by atoms with E-state index in [0.29, 0.717) is 12.8 Å². The highest BCUT2D eigenvalue weighted by Crippen LogP contribution is 2.36. The Kier molecular flexibility index (Phi) is 6.58. The van der Waals surface area contributed by atoms with Crippen LogP contribution in [0.4, 0.5) is 0 Å². The van der Waals surface area contributed by atoms with Gasteiger partial charge in [-0.2, -0.15) is 5.10 Å². The topological polar surface area (TPSA) is 92.3 Å². The van der Waals surface area contributed by atoms with Crippen molar-refractivity contribution in [3.05, 3.63) is 72.2 Å². The summed E-state index contributed by atoms with van der Waals surface area (Å²) < 4.78 is 12.8. The molecule has 0 saturated carbocycles. The van der Waals surface area contributed by atoms with E-state index in [2.05, 4.69) is 28.3 Å². The van der Waals surface area contributed by atoms with Gasteiger partial charge in [0.25, 0.3) is 0 Å². The van der Waals surface area contributed by atoms with Crippen LogP contribution in [0, 0.1) is 0 Å². The molecule has 33 heavy (non-hydrogen) atoms. The molecule has 0 aliphatic rings. The van der Waals surface area contributed by atoms with Crippen molar-refractivity contribution in [2.75, 3.05) is 14.2 Å². The summed E-state index contributed by atoms with van der Waals surface area (Å²) >= 11 is 0. The maximum Gasteiger partial charge on any atom is 0.217 e. The predicted octanol–water partition coefficient (Wildman–Crippen LogP) is 4.44. The average Bonchev–Trinajstić information content (AvgIpc) is 3.26. The van der Waals surface area contributed by atoms with E-state index >= 15 is 0 Å². The number of hydrogen-bond donors (Lipinski definition) is 1. The number of fused-ring (bicyclic) bond motifs is 1. The Bertz CT molecular complexity index is 1260. The Labute approximate surface area is 193 Å². The van der Waals surface area contributed by atoms with Crippen molar-refractivity contribution >= 4 is 16.8 Å². The number of rotatable bonds is 9. The first kappa shape index (κ1) is 22.3. The first-order valence-corrected chi connectivity index (χ1v) is 10.9. The molecular weight excluding hydrogens is 416 g/mol. The largest absolute Gasteiger partial charge is 0.497 e. The van der Waals surface area contributed by atoms with Crippen molar-refractivity contribution < 1.29 is 14.3 Å². The number of aryl methyl sites for hydroxylation is 1. The van der Waals surface area contributed by atoms with Crippen LogP contribution in [0.15, 0.2) is 61.1 Å². The van der Waals surface area contributed by atoms with Gasteiger partial charge in [0.2, 0.25) is 5.91 Å². The van der Waals surface area contributed by atoms with Gasteiger partial charge < -0.3 is 15.2 Å². The molecule has 170 valence electrons. The second-order valence-electron chi connectivity index (χ2n) is 8.14. The lowest BCUT2D eigenvalue weighted by atomic mass is 9.86. The summed E-state index contributed by atoms with van der Waals surface area (Å²) in [6, 6.07) is 14.3. The van der Waals surface area contributed by atoms with Crippen LogP contribution < -0.4 is 15.2 Å². The van der Waals surface area contributed by atoms with E-state index < -0.39 is 0 Å². The number of nitrogens with two attached hydrogens (primary N) is 1. The van der Waals surface area contributed by atoms with E-state index in [9.17, 15) is 4.79 Å².